The van der Waals surface area contributed by atoms with Crippen LogP contribution >= 0.6 is 0 Å². The van der Waals surface area contributed by atoms with Gasteiger partial charge in [-0.1, -0.05) is 17.3 Å². The summed E-state index contributed by atoms with van der Waals surface area (Å²) in [5.41, 5.74) is 2.27. The van der Waals surface area contributed by atoms with Gasteiger partial charge in [0.15, 0.2) is 11.6 Å². The van der Waals surface area contributed by atoms with Gasteiger partial charge in [-0.25, -0.2) is 14.4 Å². The summed E-state index contributed by atoms with van der Waals surface area (Å²) in [7, 11) is 1.84. The molecule has 11 heteroatoms. The molecule has 1 aliphatic carbocycles. The van der Waals surface area contributed by atoms with Gasteiger partial charge in [-0.2, -0.15) is 15.1 Å². The summed E-state index contributed by atoms with van der Waals surface area (Å²) in [4.78, 5) is 29.9. The van der Waals surface area contributed by atoms with Gasteiger partial charge in [0.1, 0.15) is 13.0 Å². The summed E-state index contributed by atoms with van der Waals surface area (Å²) >= 11 is 0. The molecule has 4 aromatic rings. The highest BCUT2D eigenvalue weighted by Crippen LogP contribution is 2.43. The number of aryl methyl sites for hydroxylation is 2. The van der Waals surface area contributed by atoms with E-state index in [1.807, 2.05) is 31.4 Å². The predicted octanol–water partition coefficient (Wildman–Crippen LogP) is 4.34. The first-order valence-electron chi connectivity index (χ1n) is 11.8. The van der Waals surface area contributed by atoms with Crippen LogP contribution in [0.15, 0.2) is 41.3 Å². The Hall–Kier alpha value is -4.02. The van der Waals surface area contributed by atoms with Crippen molar-refractivity contribution >= 4 is 17.5 Å². The topological polar surface area (TPSA) is 125 Å². The number of carbonyl (C=O) groups excluding carboxylic acids is 1. The number of nitrogens with zero attached hydrogens (tertiary/aromatic N) is 7. The van der Waals surface area contributed by atoms with Crippen LogP contribution in [0.2, 0.25) is 0 Å². The molecule has 186 valence electrons. The standard InChI is InChI=1S/C25H27FN8O2/c1-25(2,13-26)23-30-22(33-36-23)19(35)9-8-16-6-7-17(12-18(16)15-4-5-15)21-27-14-28-24(31-21)29-20-10-11-34(3)32-20/h6-7,10-12,14-15H,4-5,8-9,13H2,1-3H3,(H,27,28,29,31,32). The number of ketones is 1. The van der Waals surface area contributed by atoms with Gasteiger partial charge in [0.2, 0.25) is 23.4 Å². The van der Waals surface area contributed by atoms with E-state index in [0.29, 0.717) is 29.9 Å². The maximum Gasteiger partial charge on any atom is 0.238 e. The van der Waals surface area contributed by atoms with Crippen molar-refractivity contribution in [1.82, 2.24) is 34.9 Å². The van der Waals surface area contributed by atoms with Crippen molar-refractivity contribution in [3.05, 3.63) is 59.6 Å². The molecule has 0 atom stereocenters. The summed E-state index contributed by atoms with van der Waals surface area (Å²) in [5.74, 6) is 1.98. The molecule has 5 rings (SSSR count). The van der Waals surface area contributed by atoms with E-state index >= 15 is 0 Å². The minimum absolute atomic E-state index is 0.00534. The molecule has 1 aliphatic rings. The Bertz CT molecular complexity index is 1390. The molecule has 36 heavy (non-hydrogen) atoms. The Labute approximate surface area is 207 Å². The van der Waals surface area contributed by atoms with E-state index < -0.39 is 12.1 Å². The van der Waals surface area contributed by atoms with E-state index in [2.05, 4.69) is 41.6 Å². The lowest BCUT2D eigenvalue weighted by Crippen LogP contribution is -2.20. The average Bonchev–Trinajstić information content (AvgIpc) is 3.45. The van der Waals surface area contributed by atoms with Crippen molar-refractivity contribution in [2.24, 2.45) is 7.05 Å². The minimum Gasteiger partial charge on any atom is -0.338 e. The van der Waals surface area contributed by atoms with Gasteiger partial charge < -0.3 is 9.84 Å². The second kappa shape index (κ2) is 9.56. The van der Waals surface area contributed by atoms with Gasteiger partial charge in [0, 0.05) is 31.3 Å². The number of rotatable bonds is 10. The zero-order valence-electron chi connectivity index (χ0n) is 20.4. The first kappa shape index (κ1) is 23.7. The zero-order chi connectivity index (χ0) is 25.3. The van der Waals surface area contributed by atoms with Crippen LogP contribution in [-0.4, -0.2) is 47.3 Å². The van der Waals surface area contributed by atoms with Crippen LogP contribution in [0.1, 0.15) is 66.7 Å². The lowest BCUT2D eigenvalue weighted by Gasteiger charge is -2.13. The maximum atomic E-state index is 13.2. The van der Waals surface area contributed by atoms with E-state index in [1.54, 1.807) is 18.5 Å². The molecular weight excluding hydrogens is 463 g/mol. The van der Waals surface area contributed by atoms with Crippen LogP contribution in [0.3, 0.4) is 0 Å². The molecule has 10 nitrogen and oxygen atoms in total. The lowest BCUT2D eigenvalue weighted by molar-refractivity contribution is 0.0970. The number of alkyl halides is 1. The third-order valence-electron chi connectivity index (χ3n) is 6.16. The van der Waals surface area contributed by atoms with E-state index in [9.17, 15) is 9.18 Å². The molecule has 1 saturated carbocycles. The fourth-order valence-electron chi connectivity index (χ4n) is 3.86. The number of halogens is 1. The smallest absolute Gasteiger partial charge is 0.238 e. The predicted molar refractivity (Wildman–Crippen MR) is 130 cm³/mol. The molecule has 0 radical (unpaired) electrons. The number of anilines is 2. The number of aromatic nitrogens is 7. The third-order valence-corrected chi connectivity index (χ3v) is 6.16. The van der Waals surface area contributed by atoms with Crippen LogP contribution in [0.4, 0.5) is 16.2 Å². The molecule has 1 N–H and O–H groups in total. The zero-order valence-corrected chi connectivity index (χ0v) is 20.4. The minimum atomic E-state index is -0.914. The largest absolute Gasteiger partial charge is 0.338 e. The monoisotopic (exact) mass is 490 g/mol. The summed E-state index contributed by atoms with van der Waals surface area (Å²) in [6.07, 6.45) is 6.31. The van der Waals surface area contributed by atoms with Crippen molar-refractivity contribution in [2.75, 3.05) is 12.0 Å². The lowest BCUT2D eigenvalue weighted by atomic mass is 9.95. The summed E-state index contributed by atoms with van der Waals surface area (Å²) in [5, 5.41) is 11.1. The molecule has 3 heterocycles. The van der Waals surface area contributed by atoms with Crippen LogP contribution in [-0.2, 0) is 18.9 Å². The van der Waals surface area contributed by atoms with Crippen molar-refractivity contribution < 1.29 is 13.7 Å². The Balaban J connectivity index is 1.31. The van der Waals surface area contributed by atoms with Gasteiger partial charge in [0.25, 0.3) is 0 Å². The maximum absolute atomic E-state index is 13.2. The van der Waals surface area contributed by atoms with Gasteiger partial charge in [0.05, 0.1) is 5.41 Å². The Morgan fingerprint density at radius 2 is 2.06 bits per heavy atom. The first-order valence-corrected chi connectivity index (χ1v) is 11.8. The molecule has 0 unspecified atom stereocenters. The van der Waals surface area contributed by atoms with Gasteiger partial charge in [-0.05, 0) is 56.2 Å². The van der Waals surface area contributed by atoms with Crippen molar-refractivity contribution in [3.8, 4) is 11.4 Å². The van der Waals surface area contributed by atoms with Gasteiger partial charge >= 0.3 is 0 Å². The van der Waals surface area contributed by atoms with E-state index in [1.165, 1.54) is 11.9 Å². The van der Waals surface area contributed by atoms with Crippen molar-refractivity contribution in [2.45, 2.75) is 50.9 Å². The first-order chi connectivity index (χ1) is 17.3. The quantitative estimate of drug-likeness (QED) is 0.323. The average molecular weight is 491 g/mol. The van der Waals surface area contributed by atoms with Crippen LogP contribution in [0, 0.1) is 0 Å². The SMILES string of the molecule is Cn1ccc(Nc2ncnc(-c3ccc(CCC(=O)c4noc(C(C)(C)CF)n4)c(C4CC4)c3)n2)n1. The van der Waals surface area contributed by atoms with Crippen molar-refractivity contribution in [1.29, 1.82) is 0 Å². The fraction of sp³-hybridized carbons (Fsp3) is 0.400. The fourth-order valence-corrected chi connectivity index (χ4v) is 3.86. The Morgan fingerprint density at radius 1 is 1.22 bits per heavy atom. The highest BCUT2D eigenvalue weighted by atomic mass is 19.1. The molecule has 0 amide bonds. The van der Waals surface area contributed by atoms with Crippen LogP contribution in [0.5, 0.6) is 0 Å². The molecule has 0 aliphatic heterocycles. The number of hydrogen-bond donors (Lipinski definition) is 1. The molecular formula is C25H27FN8O2. The molecule has 1 fully saturated rings. The highest BCUT2D eigenvalue weighted by molar-refractivity contribution is 5.92. The molecule has 0 saturated heterocycles. The molecule has 0 bridgehead atoms. The number of benzene rings is 1. The van der Waals surface area contributed by atoms with Crippen molar-refractivity contribution in [3.63, 3.8) is 0 Å². The summed E-state index contributed by atoms with van der Waals surface area (Å²) < 4.78 is 20.0. The number of hydrogen-bond acceptors (Lipinski definition) is 9. The third kappa shape index (κ3) is 5.14. The molecule has 0 spiro atoms. The van der Waals surface area contributed by atoms with E-state index in [-0.39, 0.29) is 23.9 Å². The normalized spacial score (nSPS) is 13.7. The van der Waals surface area contributed by atoms with Crippen LogP contribution < -0.4 is 5.32 Å². The molecule has 1 aromatic carbocycles. The second-order valence-electron chi connectivity index (χ2n) is 9.68. The van der Waals surface area contributed by atoms with Gasteiger partial charge in [-0.3, -0.25) is 9.48 Å². The second-order valence-corrected chi connectivity index (χ2v) is 9.68. The summed E-state index contributed by atoms with van der Waals surface area (Å²) in [6, 6.07) is 7.93. The Morgan fingerprint density at radius 3 is 2.78 bits per heavy atom. The van der Waals surface area contributed by atoms with E-state index in [0.717, 1.165) is 24.0 Å². The van der Waals surface area contributed by atoms with Crippen LogP contribution in [0.25, 0.3) is 11.4 Å². The highest BCUT2D eigenvalue weighted by Gasteiger charge is 2.30. The van der Waals surface area contributed by atoms with E-state index in [4.69, 9.17) is 4.52 Å². The number of nitrogens with one attached hydrogen (secondary N) is 1. The number of carbonyl (C=O) groups is 1. The number of Topliss-reactive ketones (excluding diaryl/α,β-unsaturated/α-hetero) is 1. The molecule has 3 aromatic heterocycles. The van der Waals surface area contributed by atoms with Gasteiger partial charge in [-0.15, -0.1) is 0 Å². The summed E-state index contributed by atoms with van der Waals surface area (Å²) in [6.45, 7) is 2.66. The Kier molecular flexibility index (Phi) is 6.29.